The SMILES string of the molecule is CC(C)(C)N(C(=O)O)C1(c2ccc(-c3[nH]c(=O)c([N+](=O)[O-])cc3-c3ccccc3)cc2)CCC1. The zero-order chi connectivity index (χ0) is 24.7. The second-order valence-electron chi connectivity index (χ2n) is 9.65. The summed E-state index contributed by atoms with van der Waals surface area (Å²) >= 11 is 0. The number of aromatic nitrogens is 1. The average molecular weight is 462 g/mol. The number of nitro groups is 1. The van der Waals surface area contributed by atoms with Gasteiger partial charge < -0.3 is 10.1 Å². The normalized spacial score (nSPS) is 14.8. The zero-order valence-corrected chi connectivity index (χ0v) is 19.4. The van der Waals surface area contributed by atoms with E-state index in [0.29, 0.717) is 16.8 Å². The summed E-state index contributed by atoms with van der Waals surface area (Å²) in [6, 6.07) is 17.9. The topological polar surface area (TPSA) is 117 Å². The molecular formula is C26H27N3O5. The Kier molecular flexibility index (Phi) is 5.77. The first-order valence-electron chi connectivity index (χ1n) is 11.2. The second kappa shape index (κ2) is 8.44. The standard InChI is InChI=1S/C26H27N3O5/c1-25(2,3)28(24(31)32)26(14-7-15-26)19-12-10-18(11-13-19)22-20(17-8-5-4-6-9-17)16-21(29(33)34)23(30)27-22/h4-6,8-13,16H,7,14-15H2,1-3H3,(H,27,30)(H,31,32). The van der Waals surface area contributed by atoms with Gasteiger partial charge >= 0.3 is 17.3 Å². The highest BCUT2D eigenvalue weighted by molar-refractivity contribution is 5.82. The summed E-state index contributed by atoms with van der Waals surface area (Å²) in [5, 5.41) is 21.4. The van der Waals surface area contributed by atoms with Crippen LogP contribution in [0.3, 0.4) is 0 Å². The maximum absolute atomic E-state index is 12.4. The van der Waals surface area contributed by atoms with E-state index in [4.69, 9.17) is 0 Å². The summed E-state index contributed by atoms with van der Waals surface area (Å²) in [5.74, 6) is 0. The molecule has 4 rings (SSSR count). The van der Waals surface area contributed by atoms with Gasteiger partial charge in [-0.05, 0) is 56.7 Å². The van der Waals surface area contributed by atoms with Crippen LogP contribution in [0.1, 0.15) is 45.6 Å². The molecule has 1 aliphatic rings. The molecule has 0 spiro atoms. The van der Waals surface area contributed by atoms with Crippen molar-refractivity contribution in [1.82, 2.24) is 9.88 Å². The second-order valence-corrected chi connectivity index (χ2v) is 9.65. The molecule has 0 radical (unpaired) electrons. The molecular weight excluding hydrogens is 434 g/mol. The number of amides is 1. The van der Waals surface area contributed by atoms with Crippen LogP contribution in [0.4, 0.5) is 10.5 Å². The van der Waals surface area contributed by atoms with E-state index in [1.165, 1.54) is 6.07 Å². The Labute approximate surface area is 197 Å². The first-order chi connectivity index (χ1) is 16.0. The number of nitrogens with zero attached hydrogens (tertiary/aromatic N) is 2. The molecule has 1 fully saturated rings. The Morgan fingerprint density at radius 3 is 2.15 bits per heavy atom. The summed E-state index contributed by atoms with van der Waals surface area (Å²) < 4.78 is 0. The highest BCUT2D eigenvalue weighted by Crippen LogP contribution is 2.49. The van der Waals surface area contributed by atoms with Gasteiger partial charge in [0.15, 0.2) is 0 Å². The average Bonchev–Trinajstić information content (AvgIpc) is 2.75. The lowest BCUT2D eigenvalue weighted by Gasteiger charge is -2.54. The van der Waals surface area contributed by atoms with Gasteiger partial charge in [0.05, 0.1) is 16.2 Å². The smallest absolute Gasteiger partial charge is 0.408 e. The van der Waals surface area contributed by atoms with Crippen molar-refractivity contribution >= 4 is 11.8 Å². The summed E-state index contributed by atoms with van der Waals surface area (Å²) in [5.41, 5.74) is 0.858. The highest BCUT2D eigenvalue weighted by Gasteiger charge is 2.50. The molecule has 34 heavy (non-hydrogen) atoms. The summed E-state index contributed by atoms with van der Waals surface area (Å²) in [7, 11) is 0. The van der Waals surface area contributed by atoms with Gasteiger partial charge in [-0.25, -0.2) is 4.79 Å². The molecule has 0 aliphatic heterocycles. The van der Waals surface area contributed by atoms with Crippen LogP contribution in [0.15, 0.2) is 65.5 Å². The van der Waals surface area contributed by atoms with Gasteiger partial charge in [0.1, 0.15) is 0 Å². The van der Waals surface area contributed by atoms with Crippen molar-refractivity contribution in [3.8, 4) is 22.4 Å². The first kappa shape index (κ1) is 23.2. The number of carboxylic acid groups (broad SMARTS) is 1. The van der Waals surface area contributed by atoms with Crippen molar-refractivity contribution in [3.05, 3.63) is 86.7 Å². The molecule has 0 bridgehead atoms. The van der Waals surface area contributed by atoms with E-state index in [-0.39, 0.29) is 0 Å². The lowest BCUT2D eigenvalue weighted by molar-refractivity contribution is -0.386. The minimum Gasteiger partial charge on any atom is -0.465 e. The minimum atomic E-state index is -0.956. The van der Waals surface area contributed by atoms with Crippen LogP contribution >= 0.6 is 0 Å². The Morgan fingerprint density at radius 2 is 1.68 bits per heavy atom. The molecule has 2 aromatic carbocycles. The van der Waals surface area contributed by atoms with Crippen LogP contribution in [-0.4, -0.2) is 31.5 Å². The van der Waals surface area contributed by atoms with Gasteiger partial charge in [-0.15, -0.1) is 0 Å². The van der Waals surface area contributed by atoms with Crippen molar-refractivity contribution in [3.63, 3.8) is 0 Å². The first-order valence-corrected chi connectivity index (χ1v) is 11.2. The predicted octanol–water partition coefficient (Wildman–Crippen LogP) is 5.77. The fourth-order valence-corrected chi connectivity index (χ4v) is 4.94. The van der Waals surface area contributed by atoms with Crippen molar-refractivity contribution in [2.45, 2.75) is 51.1 Å². The van der Waals surface area contributed by atoms with Gasteiger partial charge in [-0.2, -0.15) is 0 Å². The number of aromatic amines is 1. The third kappa shape index (κ3) is 3.96. The molecule has 1 heterocycles. The summed E-state index contributed by atoms with van der Waals surface area (Å²) in [6.07, 6.45) is 1.46. The van der Waals surface area contributed by atoms with Crippen molar-refractivity contribution in [2.75, 3.05) is 0 Å². The maximum Gasteiger partial charge on any atom is 0.408 e. The number of nitrogens with one attached hydrogen (secondary N) is 1. The lowest BCUT2D eigenvalue weighted by Crippen LogP contribution is -2.60. The van der Waals surface area contributed by atoms with E-state index in [0.717, 1.165) is 30.4 Å². The van der Waals surface area contributed by atoms with E-state index in [9.17, 15) is 24.8 Å². The quantitative estimate of drug-likeness (QED) is 0.369. The Hall–Kier alpha value is -3.94. The minimum absolute atomic E-state index is 0.474. The lowest BCUT2D eigenvalue weighted by atomic mass is 9.69. The number of carbonyl (C=O) groups is 1. The maximum atomic E-state index is 12.4. The van der Waals surface area contributed by atoms with Gasteiger partial charge in [0.25, 0.3) is 0 Å². The van der Waals surface area contributed by atoms with Gasteiger partial charge in [-0.1, -0.05) is 54.6 Å². The van der Waals surface area contributed by atoms with Gasteiger partial charge in [-0.3, -0.25) is 19.8 Å². The molecule has 176 valence electrons. The zero-order valence-electron chi connectivity index (χ0n) is 19.4. The van der Waals surface area contributed by atoms with E-state index in [2.05, 4.69) is 4.98 Å². The summed E-state index contributed by atoms with van der Waals surface area (Å²) in [4.78, 5) is 39.6. The summed E-state index contributed by atoms with van der Waals surface area (Å²) in [6.45, 7) is 5.68. The van der Waals surface area contributed by atoms with Gasteiger partial charge in [0.2, 0.25) is 0 Å². The van der Waals surface area contributed by atoms with Crippen molar-refractivity contribution < 1.29 is 14.8 Å². The fraction of sp³-hybridized carbons (Fsp3) is 0.308. The molecule has 0 unspecified atom stereocenters. The molecule has 1 amide bonds. The number of hydrogen-bond donors (Lipinski definition) is 2. The van der Waals surface area contributed by atoms with Crippen LogP contribution in [0.2, 0.25) is 0 Å². The number of H-pyrrole nitrogens is 1. The molecule has 3 aromatic rings. The molecule has 1 aromatic heterocycles. The van der Waals surface area contributed by atoms with Crippen LogP contribution in [0.5, 0.6) is 0 Å². The van der Waals surface area contributed by atoms with Crippen LogP contribution in [-0.2, 0) is 5.54 Å². The predicted molar refractivity (Wildman–Crippen MR) is 130 cm³/mol. The van der Waals surface area contributed by atoms with E-state index in [1.807, 2.05) is 75.4 Å². The van der Waals surface area contributed by atoms with E-state index < -0.39 is 33.3 Å². The van der Waals surface area contributed by atoms with Crippen molar-refractivity contribution in [2.24, 2.45) is 0 Å². The molecule has 1 aliphatic carbocycles. The molecule has 8 heteroatoms. The Balaban J connectivity index is 1.82. The number of pyridine rings is 1. The Bertz CT molecular complexity index is 1290. The van der Waals surface area contributed by atoms with Gasteiger partial charge in [0, 0.05) is 17.2 Å². The fourth-order valence-electron chi connectivity index (χ4n) is 4.94. The molecule has 8 nitrogen and oxygen atoms in total. The largest absolute Gasteiger partial charge is 0.465 e. The molecule has 2 N–H and O–H groups in total. The van der Waals surface area contributed by atoms with Crippen LogP contribution < -0.4 is 5.56 Å². The number of benzene rings is 2. The third-order valence-corrected chi connectivity index (χ3v) is 6.48. The number of rotatable bonds is 5. The monoisotopic (exact) mass is 461 g/mol. The van der Waals surface area contributed by atoms with E-state index in [1.54, 1.807) is 4.90 Å². The van der Waals surface area contributed by atoms with E-state index >= 15 is 0 Å². The third-order valence-electron chi connectivity index (χ3n) is 6.48. The van der Waals surface area contributed by atoms with Crippen LogP contribution in [0, 0.1) is 10.1 Å². The molecule has 0 atom stereocenters. The van der Waals surface area contributed by atoms with Crippen LogP contribution in [0.25, 0.3) is 22.4 Å². The molecule has 1 saturated carbocycles. The molecule has 0 saturated heterocycles. The van der Waals surface area contributed by atoms with Crippen molar-refractivity contribution in [1.29, 1.82) is 0 Å². The highest BCUT2D eigenvalue weighted by atomic mass is 16.6. The number of hydrogen-bond acceptors (Lipinski definition) is 4. The Morgan fingerprint density at radius 1 is 1.06 bits per heavy atom.